The van der Waals surface area contributed by atoms with Crippen LogP contribution in [-0.2, 0) is 14.3 Å². The number of amides is 1. The Kier molecular flexibility index (Phi) is 33.0. The maximum absolute atomic E-state index is 12.9. The third-order valence-electron chi connectivity index (χ3n) is 10.1. The van der Waals surface area contributed by atoms with E-state index in [-0.39, 0.29) is 12.5 Å². The van der Waals surface area contributed by atoms with Crippen molar-refractivity contribution in [2.24, 2.45) is 0 Å². The van der Waals surface area contributed by atoms with Crippen LogP contribution < -0.4 is 5.32 Å². The van der Waals surface area contributed by atoms with Crippen molar-refractivity contribution in [1.82, 2.24) is 5.32 Å². The predicted molar refractivity (Wildman–Crippen MR) is 221 cm³/mol. The number of nitrogens with one attached hydrogen (secondary N) is 1. The lowest BCUT2D eigenvalue weighted by atomic mass is 9.99. The van der Waals surface area contributed by atoms with Gasteiger partial charge in [-0.15, -0.1) is 0 Å². The van der Waals surface area contributed by atoms with Crippen LogP contribution in [0.2, 0.25) is 0 Å². The number of hydrogen-bond donors (Lipinski definition) is 6. The van der Waals surface area contributed by atoms with E-state index >= 15 is 0 Å². The predicted octanol–water partition coefficient (Wildman–Crippen LogP) is 8.67. The third kappa shape index (κ3) is 26.1. The average Bonchev–Trinajstić information content (AvgIpc) is 3.17. The normalized spacial score (nSPS) is 21.9. The minimum atomic E-state index is -1.57. The molecule has 0 bridgehead atoms. The summed E-state index contributed by atoms with van der Waals surface area (Å²) in [5.74, 6) is -0.203. The number of ether oxygens (including phenoxy) is 2. The molecule has 1 heterocycles. The highest BCUT2D eigenvalue weighted by Gasteiger charge is 2.44. The maximum Gasteiger partial charge on any atom is 0.220 e. The van der Waals surface area contributed by atoms with Crippen LogP contribution in [0.25, 0.3) is 0 Å². The summed E-state index contributed by atoms with van der Waals surface area (Å²) in [6.07, 6.45) is 37.2. The molecule has 0 radical (unpaired) electrons. The molecule has 0 saturated carbocycles. The Labute approximate surface area is 329 Å². The summed E-state index contributed by atoms with van der Waals surface area (Å²) in [4.78, 5) is 12.9. The van der Waals surface area contributed by atoms with Gasteiger partial charge in [-0.1, -0.05) is 146 Å². The van der Waals surface area contributed by atoms with E-state index in [2.05, 4.69) is 55.6 Å². The van der Waals surface area contributed by atoms with Crippen LogP contribution in [0.3, 0.4) is 0 Å². The molecule has 1 saturated heterocycles. The van der Waals surface area contributed by atoms with Crippen molar-refractivity contribution in [3.05, 3.63) is 48.6 Å². The van der Waals surface area contributed by atoms with Gasteiger partial charge in [-0.3, -0.25) is 4.79 Å². The lowest BCUT2D eigenvalue weighted by molar-refractivity contribution is -0.302. The minimum Gasteiger partial charge on any atom is -0.394 e. The highest BCUT2D eigenvalue weighted by molar-refractivity contribution is 5.76. The van der Waals surface area contributed by atoms with Gasteiger partial charge in [0.1, 0.15) is 24.4 Å². The highest BCUT2D eigenvalue weighted by atomic mass is 16.7. The fourth-order valence-corrected chi connectivity index (χ4v) is 6.53. The molecule has 314 valence electrons. The standard InChI is InChI=1S/C45H81NO8/c1-3-5-7-9-11-13-15-17-18-19-20-21-23-24-26-28-30-32-34-39(48)38(37-53-45-44(52)43(51)42(50)40(36-47)54-45)46-41(49)35-33-31-29-27-25-22-16-14-12-10-8-6-4-2/h14,16,19-20,24,26,32,34,38-40,42-45,47-48,50-52H,3-13,15,17-18,21-23,25,27-31,33,35-37H2,1-2H3,(H,46,49)/b16-14-,20-19+,26-24+,34-32+. The van der Waals surface area contributed by atoms with Crippen molar-refractivity contribution in [3.8, 4) is 0 Å². The number of unbranched alkanes of at least 4 members (excludes halogenated alkanes) is 19. The molecule has 7 unspecified atom stereocenters. The summed E-state index contributed by atoms with van der Waals surface area (Å²) in [7, 11) is 0. The van der Waals surface area contributed by atoms with Gasteiger partial charge in [0.25, 0.3) is 0 Å². The summed E-state index contributed by atoms with van der Waals surface area (Å²) >= 11 is 0. The molecule has 9 heteroatoms. The molecule has 9 nitrogen and oxygen atoms in total. The minimum absolute atomic E-state index is 0.203. The molecule has 54 heavy (non-hydrogen) atoms. The Balaban J connectivity index is 2.44. The molecule has 0 aromatic carbocycles. The Morgan fingerprint density at radius 1 is 0.611 bits per heavy atom. The number of carbonyl (C=O) groups excluding carboxylic acids is 1. The van der Waals surface area contributed by atoms with Crippen LogP contribution in [0, 0.1) is 0 Å². The number of allylic oxidation sites excluding steroid dienone is 7. The molecule has 0 aromatic rings. The molecule has 1 fully saturated rings. The zero-order chi connectivity index (χ0) is 39.5. The molecule has 0 aromatic heterocycles. The van der Waals surface area contributed by atoms with E-state index in [0.29, 0.717) is 6.42 Å². The van der Waals surface area contributed by atoms with E-state index in [0.717, 1.165) is 64.2 Å². The molecular formula is C45H81NO8. The van der Waals surface area contributed by atoms with E-state index in [1.54, 1.807) is 6.08 Å². The summed E-state index contributed by atoms with van der Waals surface area (Å²) in [6.45, 7) is 3.71. The molecule has 7 atom stereocenters. The summed E-state index contributed by atoms with van der Waals surface area (Å²) in [5.41, 5.74) is 0. The van der Waals surface area contributed by atoms with Crippen LogP contribution in [0.15, 0.2) is 48.6 Å². The number of hydrogen-bond acceptors (Lipinski definition) is 8. The van der Waals surface area contributed by atoms with Gasteiger partial charge < -0.3 is 40.3 Å². The Bertz CT molecular complexity index is 983. The van der Waals surface area contributed by atoms with Crippen molar-refractivity contribution >= 4 is 5.91 Å². The SMILES string of the molecule is CCCCCC/C=C\CCCCCCCC(=O)NC(COC1OC(CO)C(O)C(O)C1O)C(O)/C=C/CC/C=C/CC/C=C/CCCCCCCCCC. The monoisotopic (exact) mass is 764 g/mol. The molecule has 6 N–H and O–H groups in total. The first-order chi connectivity index (χ1) is 26.3. The Morgan fingerprint density at radius 3 is 1.57 bits per heavy atom. The zero-order valence-corrected chi connectivity index (χ0v) is 34.2. The summed E-state index contributed by atoms with van der Waals surface area (Å²) < 4.78 is 11.2. The van der Waals surface area contributed by atoms with E-state index in [9.17, 15) is 30.3 Å². The van der Waals surface area contributed by atoms with Crippen molar-refractivity contribution in [1.29, 1.82) is 0 Å². The molecule has 0 aliphatic carbocycles. The smallest absolute Gasteiger partial charge is 0.220 e. The van der Waals surface area contributed by atoms with E-state index < -0.39 is 49.5 Å². The number of aliphatic hydroxyl groups excluding tert-OH is 5. The lowest BCUT2D eigenvalue weighted by Crippen LogP contribution is -2.60. The third-order valence-corrected chi connectivity index (χ3v) is 10.1. The molecule has 1 aliphatic heterocycles. The largest absolute Gasteiger partial charge is 0.394 e. The molecule has 1 rings (SSSR count). The van der Waals surface area contributed by atoms with Gasteiger partial charge in [-0.05, 0) is 70.6 Å². The second-order valence-electron chi connectivity index (χ2n) is 15.1. The quantitative estimate of drug-likeness (QED) is 0.0278. The van der Waals surface area contributed by atoms with Gasteiger partial charge in [-0.25, -0.2) is 0 Å². The highest BCUT2D eigenvalue weighted by Crippen LogP contribution is 2.22. The van der Waals surface area contributed by atoms with Gasteiger partial charge in [0.2, 0.25) is 5.91 Å². The van der Waals surface area contributed by atoms with E-state index in [4.69, 9.17) is 9.47 Å². The van der Waals surface area contributed by atoms with Crippen molar-refractivity contribution in [2.45, 2.75) is 217 Å². The van der Waals surface area contributed by atoms with Crippen molar-refractivity contribution in [3.63, 3.8) is 0 Å². The second kappa shape index (κ2) is 35.6. The first-order valence-corrected chi connectivity index (χ1v) is 21.9. The molecule has 1 aliphatic rings. The van der Waals surface area contributed by atoms with E-state index in [1.807, 2.05) is 6.08 Å². The van der Waals surface area contributed by atoms with Gasteiger partial charge >= 0.3 is 0 Å². The Morgan fingerprint density at radius 2 is 1.06 bits per heavy atom. The van der Waals surface area contributed by atoms with Crippen molar-refractivity contribution < 1.29 is 39.8 Å². The van der Waals surface area contributed by atoms with Crippen LogP contribution in [0.1, 0.15) is 174 Å². The van der Waals surface area contributed by atoms with Crippen LogP contribution in [-0.4, -0.2) is 87.5 Å². The number of aliphatic hydroxyl groups is 5. The summed E-state index contributed by atoms with van der Waals surface area (Å²) in [6, 6.07) is -0.831. The van der Waals surface area contributed by atoms with Gasteiger partial charge in [0.15, 0.2) is 6.29 Å². The average molecular weight is 764 g/mol. The lowest BCUT2D eigenvalue weighted by Gasteiger charge is -2.40. The van der Waals surface area contributed by atoms with Crippen LogP contribution >= 0.6 is 0 Å². The first-order valence-electron chi connectivity index (χ1n) is 21.9. The number of carbonyl (C=O) groups is 1. The number of rotatable bonds is 35. The zero-order valence-electron chi connectivity index (χ0n) is 34.2. The molecule has 0 spiro atoms. The first kappa shape index (κ1) is 50.2. The molecule has 1 amide bonds. The van der Waals surface area contributed by atoms with Gasteiger partial charge in [0, 0.05) is 6.42 Å². The molecular weight excluding hydrogens is 682 g/mol. The second-order valence-corrected chi connectivity index (χ2v) is 15.1. The summed E-state index contributed by atoms with van der Waals surface area (Å²) in [5, 5.41) is 54.0. The maximum atomic E-state index is 12.9. The van der Waals surface area contributed by atoms with Gasteiger partial charge in [-0.2, -0.15) is 0 Å². The van der Waals surface area contributed by atoms with Crippen LogP contribution in [0.4, 0.5) is 0 Å². The fraction of sp³-hybridized carbons (Fsp3) is 0.800. The van der Waals surface area contributed by atoms with Crippen molar-refractivity contribution in [2.75, 3.05) is 13.2 Å². The Hall–Kier alpha value is -1.85. The fourth-order valence-electron chi connectivity index (χ4n) is 6.53. The van der Waals surface area contributed by atoms with Crippen LogP contribution in [0.5, 0.6) is 0 Å². The topological polar surface area (TPSA) is 149 Å². The van der Waals surface area contributed by atoms with E-state index in [1.165, 1.54) is 89.9 Å². The van der Waals surface area contributed by atoms with Gasteiger partial charge in [0.05, 0.1) is 25.4 Å².